The first-order chi connectivity index (χ1) is 15.3. The van der Waals surface area contributed by atoms with Gasteiger partial charge in [0.15, 0.2) is 0 Å². The molecule has 2 rings (SSSR count). The van der Waals surface area contributed by atoms with E-state index in [4.69, 9.17) is 11.6 Å². The van der Waals surface area contributed by atoms with Gasteiger partial charge in [-0.25, -0.2) is 8.42 Å². The van der Waals surface area contributed by atoms with Crippen molar-refractivity contribution in [3.05, 3.63) is 64.2 Å². The Morgan fingerprint density at radius 1 is 1.03 bits per heavy atom. The Labute approximate surface area is 201 Å². The molecule has 1 N–H and O–H groups in total. The van der Waals surface area contributed by atoms with E-state index >= 15 is 0 Å². The monoisotopic (exact) mass is 493 g/mol. The second-order valence-electron chi connectivity index (χ2n) is 8.55. The number of benzene rings is 2. The van der Waals surface area contributed by atoms with Crippen LogP contribution in [0, 0.1) is 13.8 Å². The summed E-state index contributed by atoms with van der Waals surface area (Å²) in [5, 5.41) is 3.37. The highest BCUT2D eigenvalue weighted by Gasteiger charge is 2.30. The summed E-state index contributed by atoms with van der Waals surface area (Å²) in [5.41, 5.74) is 2.93. The summed E-state index contributed by atoms with van der Waals surface area (Å²) >= 11 is 5.98. The lowest BCUT2D eigenvalue weighted by Gasteiger charge is -2.32. The number of hydrogen-bond donors (Lipinski definition) is 1. The molecule has 7 nitrogen and oxygen atoms in total. The maximum absolute atomic E-state index is 13.5. The van der Waals surface area contributed by atoms with Crippen LogP contribution in [0.4, 0.5) is 5.69 Å². The molecule has 2 aromatic rings. The van der Waals surface area contributed by atoms with Gasteiger partial charge in [-0.05, 0) is 63.9 Å². The molecule has 9 heteroatoms. The van der Waals surface area contributed by atoms with Crippen LogP contribution in [0.1, 0.15) is 37.5 Å². The molecule has 0 saturated carbocycles. The molecule has 0 aliphatic rings. The van der Waals surface area contributed by atoms with E-state index in [1.165, 1.54) is 4.90 Å². The third kappa shape index (κ3) is 7.47. The number of anilines is 1. The van der Waals surface area contributed by atoms with Crippen LogP contribution in [0.15, 0.2) is 42.5 Å². The largest absolute Gasteiger partial charge is 0.352 e. The number of sulfonamides is 1. The number of halogens is 1. The molecule has 2 amide bonds. The fourth-order valence-corrected chi connectivity index (χ4v) is 4.49. The van der Waals surface area contributed by atoms with Crippen molar-refractivity contribution < 1.29 is 18.0 Å². The first kappa shape index (κ1) is 26.7. The Hall–Kier alpha value is -2.58. The van der Waals surface area contributed by atoms with E-state index in [0.29, 0.717) is 10.7 Å². The van der Waals surface area contributed by atoms with Crippen molar-refractivity contribution >= 4 is 39.1 Å². The molecule has 0 aliphatic carbocycles. The van der Waals surface area contributed by atoms with Gasteiger partial charge in [-0.1, -0.05) is 41.4 Å². The van der Waals surface area contributed by atoms with Gasteiger partial charge in [0.05, 0.1) is 11.9 Å². The number of hydrogen-bond acceptors (Lipinski definition) is 4. The lowest BCUT2D eigenvalue weighted by Crippen LogP contribution is -2.52. The van der Waals surface area contributed by atoms with Gasteiger partial charge in [0.1, 0.15) is 12.6 Å². The molecule has 2 aromatic carbocycles. The Morgan fingerprint density at radius 2 is 1.64 bits per heavy atom. The SMILES string of the molecule is Cc1ccc(N(CC(=O)N(Cc2ccc(Cl)cc2)[C@H](C)C(=O)NC(C)C)S(C)(=O)=O)c(C)c1. The van der Waals surface area contributed by atoms with Crippen molar-refractivity contribution in [1.29, 1.82) is 0 Å². The minimum Gasteiger partial charge on any atom is -0.352 e. The van der Waals surface area contributed by atoms with Gasteiger partial charge in [0.25, 0.3) is 0 Å². The lowest BCUT2D eigenvalue weighted by atomic mass is 10.1. The summed E-state index contributed by atoms with van der Waals surface area (Å²) in [5.74, 6) is -0.800. The van der Waals surface area contributed by atoms with Crippen LogP contribution in [0.3, 0.4) is 0 Å². The van der Waals surface area contributed by atoms with Crippen molar-refractivity contribution in [3.8, 4) is 0 Å². The third-order valence-corrected chi connectivity index (χ3v) is 6.54. The lowest BCUT2D eigenvalue weighted by molar-refractivity contribution is -0.139. The first-order valence-electron chi connectivity index (χ1n) is 10.7. The van der Waals surface area contributed by atoms with Gasteiger partial charge < -0.3 is 10.2 Å². The Morgan fingerprint density at radius 3 is 2.15 bits per heavy atom. The van der Waals surface area contributed by atoms with Crippen LogP contribution in [0.2, 0.25) is 5.02 Å². The topological polar surface area (TPSA) is 86.8 Å². The zero-order chi connectivity index (χ0) is 24.9. The Bertz CT molecular complexity index is 1100. The quantitative estimate of drug-likeness (QED) is 0.577. The van der Waals surface area contributed by atoms with Gasteiger partial charge >= 0.3 is 0 Å². The van der Waals surface area contributed by atoms with E-state index in [9.17, 15) is 18.0 Å². The molecule has 0 aliphatic heterocycles. The van der Waals surface area contributed by atoms with Crippen LogP contribution in [-0.4, -0.2) is 50.0 Å². The Kier molecular flexibility index (Phi) is 8.91. The minimum atomic E-state index is -3.76. The molecule has 0 spiro atoms. The molecule has 0 fully saturated rings. The van der Waals surface area contributed by atoms with E-state index in [1.54, 1.807) is 50.2 Å². The maximum atomic E-state index is 13.5. The van der Waals surface area contributed by atoms with E-state index in [2.05, 4.69) is 5.32 Å². The molecule has 180 valence electrons. The fraction of sp³-hybridized carbons (Fsp3) is 0.417. The molecule has 1 atom stereocenters. The van der Waals surface area contributed by atoms with Gasteiger partial charge in [0, 0.05) is 17.6 Å². The zero-order valence-electron chi connectivity index (χ0n) is 19.9. The van der Waals surface area contributed by atoms with Crippen molar-refractivity contribution in [1.82, 2.24) is 10.2 Å². The molecule has 0 bridgehead atoms. The number of nitrogens with zero attached hydrogens (tertiary/aromatic N) is 2. The summed E-state index contributed by atoms with van der Waals surface area (Å²) in [6.07, 6.45) is 1.07. The van der Waals surface area contributed by atoms with Crippen molar-refractivity contribution in [2.24, 2.45) is 0 Å². The maximum Gasteiger partial charge on any atom is 0.244 e. The summed E-state index contributed by atoms with van der Waals surface area (Å²) in [6, 6.07) is 11.4. The minimum absolute atomic E-state index is 0.102. The van der Waals surface area contributed by atoms with E-state index in [1.807, 2.05) is 26.8 Å². The molecule has 0 aromatic heterocycles. The second-order valence-corrected chi connectivity index (χ2v) is 10.9. The Balaban J connectivity index is 2.41. The smallest absolute Gasteiger partial charge is 0.244 e. The van der Waals surface area contributed by atoms with Crippen LogP contribution in [0.25, 0.3) is 0 Å². The van der Waals surface area contributed by atoms with Crippen molar-refractivity contribution in [2.45, 2.75) is 53.2 Å². The zero-order valence-corrected chi connectivity index (χ0v) is 21.5. The predicted octanol–water partition coefficient (Wildman–Crippen LogP) is 3.66. The van der Waals surface area contributed by atoms with Crippen LogP contribution in [0.5, 0.6) is 0 Å². The number of amides is 2. The van der Waals surface area contributed by atoms with Gasteiger partial charge in [0.2, 0.25) is 21.8 Å². The number of carbonyl (C=O) groups is 2. The van der Waals surface area contributed by atoms with Crippen LogP contribution < -0.4 is 9.62 Å². The number of carbonyl (C=O) groups excluding carboxylic acids is 2. The van der Waals surface area contributed by atoms with Crippen LogP contribution >= 0.6 is 11.6 Å². The van der Waals surface area contributed by atoms with Crippen molar-refractivity contribution in [2.75, 3.05) is 17.1 Å². The molecule has 0 unspecified atom stereocenters. The standard InChI is InChI=1S/C24H32ClN3O4S/c1-16(2)26-24(30)19(5)27(14-20-8-10-21(25)11-9-20)23(29)15-28(33(6,31)32)22-12-7-17(3)13-18(22)4/h7-13,16,19H,14-15H2,1-6H3,(H,26,30)/t19-/m1/s1. The normalized spacial score (nSPS) is 12.4. The van der Waals surface area contributed by atoms with Gasteiger partial charge in [-0.15, -0.1) is 0 Å². The molecule has 0 saturated heterocycles. The van der Waals surface area contributed by atoms with Gasteiger partial charge in [-0.2, -0.15) is 0 Å². The predicted molar refractivity (Wildman–Crippen MR) is 133 cm³/mol. The molecular formula is C24H32ClN3O4S. The molecule has 0 radical (unpaired) electrons. The number of rotatable bonds is 9. The first-order valence-corrected chi connectivity index (χ1v) is 12.9. The van der Waals surface area contributed by atoms with Gasteiger partial charge in [-0.3, -0.25) is 13.9 Å². The molecule has 0 heterocycles. The average molecular weight is 494 g/mol. The summed E-state index contributed by atoms with van der Waals surface area (Å²) in [4.78, 5) is 27.6. The second kappa shape index (κ2) is 11.0. The average Bonchev–Trinajstić information content (AvgIpc) is 2.70. The molecular weight excluding hydrogens is 462 g/mol. The summed E-state index contributed by atoms with van der Waals surface area (Å²) in [7, 11) is -3.76. The highest BCUT2D eigenvalue weighted by Crippen LogP contribution is 2.24. The highest BCUT2D eigenvalue weighted by molar-refractivity contribution is 7.92. The summed E-state index contributed by atoms with van der Waals surface area (Å²) in [6.45, 7) is 8.73. The molecule has 33 heavy (non-hydrogen) atoms. The van der Waals surface area contributed by atoms with E-state index in [0.717, 1.165) is 27.3 Å². The number of nitrogens with one attached hydrogen (secondary N) is 1. The summed E-state index contributed by atoms with van der Waals surface area (Å²) < 4.78 is 26.4. The number of aryl methyl sites for hydroxylation is 2. The van der Waals surface area contributed by atoms with E-state index in [-0.39, 0.29) is 18.5 Å². The van der Waals surface area contributed by atoms with Crippen molar-refractivity contribution in [3.63, 3.8) is 0 Å². The third-order valence-electron chi connectivity index (χ3n) is 5.16. The fourth-order valence-electron chi connectivity index (χ4n) is 3.45. The van der Waals surface area contributed by atoms with E-state index < -0.39 is 28.5 Å². The highest BCUT2D eigenvalue weighted by atomic mass is 35.5. The van der Waals surface area contributed by atoms with Crippen LogP contribution in [-0.2, 0) is 26.2 Å².